The number of aromatic nitrogens is 2. The number of hydrogen-bond acceptors (Lipinski definition) is 4. The lowest BCUT2D eigenvalue weighted by Gasteiger charge is -2.38. The molecule has 1 aromatic rings. The third-order valence-corrected chi connectivity index (χ3v) is 5.45. The van der Waals surface area contributed by atoms with E-state index in [9.17, 15) is 4.79 Å². The third kappa shape index (κ3) is 3.43. The third-order valence-electron chi connectivity index (χ3n) is 5.45. The van der Waals surface area contributed by atoms with E-state index in [4.69, 9.17) is 0 Å². The standard InChI is InChI=1S/C17H29N5O/c1-2-21-12-4-3-6-15(21)14-19-16(23)17(7-10-18-11-8-17)22-13-5-9-20-22/h5,9,13,15,18H,2-4,6-8,10-12,14H2,1H3,(H,19,23). The number of piperidine rings is 2. The molecule has 1 amide bonds. The molecule has 2 N–H and O–H groups in total. The number of carbonyl (C=O) groups is 1. The molecule has 0 radical (unpaired) electrons. The van der Waals surface area contributed by atoms with Gasteiger partial charge < -0.3 is 10.6 Å². The van der Waals surface area contributed by atoms with Crippen molar-refractivity contribution in [1.29, 1.82) is 0 Å². The highest BCUT2D eigenvalue weighted by molar-refractivity contribution is 5.84. The van der Waals surface area contributed by atoms with Crippen LogP contribution in [0.1, 0.15) is 39.0 Å². The van der Waals surface area contributed by atoms with E-state index in [1.165, 1.54) is 19.3 Å². The minimum absolute atomic E-state index is 0.129. The Kier molecular flexibility index (Phi) is 5.33. The van der Waals surface area contributed by atoms with Gasteiger partial charge in [-0.2, -0.15) is 5.10 Å². The van der Waals surface area contributed by atoms with Gasteiger partial charge in [0.1, 0.15) is 5.54 Å². The lowest BCUT2D eigenvalue weighted by molar-refractivity contribution is -0.132. The minimum atomic E-state index is -0.527. The molecule has 3 rings (SSSR count). The van der Waals surface area contributed by atoms with Crippen LogP contribution in [0.15, 0.2) is 18.5 Å². The molecule has 0 saturated carbocycles. The number of nitrogens with zero attached hydrogens (tertiary/aromatic N) is 3. The smallest absolute Gasteiger partial charge is 0.248 e. The van der Waals surface area contributed by atoms with Crippen molar-refractivity contribution in [2.75, 3.05) is 32.7 Å². The summed E-state index contributed by atoms with van der Waals surface area (Å²) in [5.74, 6) is 0.129. The zero-order valence-corrected chi connectivity index (χ0v) is 14.1. The van der Waals surface area contributed by atoms with Gasteiger partial charge >= 0.3 is 0 Å². The van der Waals surface area contributed by atoms with Crippen LogP contribution < -0.4 is 10.6 Å². The van der Waals surface area contributed by atoms with E-state index in [0.717, 1.165) is 45.6 Å². The fourth-order valence-electron chi connectivity index (χ4n) is 4.01. The maximum atomic E-state index is 13.0. The molecule has 128 valence electrons. The Morgan fingerprint density at radius 1 is 1.39 bits per heavy atom. The minimum Gasteiger partial charge on any atom is -0.352 e. The Morgan fingerprint density at radius 2 is 2.22 bits per heavy atom. The number of hydrogen-bond donors (Lipinski definition) is 2. The average molecular weight is 319 g/mol. The molecular formula is C17H29N5O. The van der Waals surface area contributed by atoms with Crippen molar-refractivity contribution in [2.45, 2.75) is 50.6 Å². The van der Waals surface area contributed by atoms with Crippen molar-refractivity contribution in [3.05, 3.63) is 18.5 Å². The van der Waals surface area contributed by atoms with E-state index in [-0.39, 0.29) is 5.91 Å². The second-order valence-corrected chi connectivity index (χ2v) is 6.72. The zero-order chi connectivity index (χ0) is 16.1. The van der Waals surface area contributed by atoms with Crippen LogP contribution in [-0.2, 0) is 10.3 Å². The molecule has 6 nitrogen and oxygen atoms in total. The van der Waals surface area contributed by atoms with Crippen LogP contribution >= 0.6 is 0 Å². The van der Waals surface area contributed by atoms with E-state index in [1.54, 1.807) is 6.20 Å². The zero-order valence-electron chi connectivity index (χ0n) is 14.1. The van der Waals surface area contributed by atoms with Gasteiger partial charge in [-0.1, -0.05) is 13.3 Å². The van der Waals surface area contributed by atoms with Gasteiger partial charge in [-0.05, 0) is 57.9 Å². The quantitative estimate of drug-likeness (QED) is 0.848. The highest BCUT2D eigenvalue weighted by Crippen LogP contribution is 2.27. The molecule has 2 aliphatic rings. The fraction of sp³-hybridized carbons (Fsp3) is 0.765. The molecule has 1 atom stereocenters. The van der Waals surface area contributed by atoms with Gasteiger partial charge in [-0.15, -0.1) is 0 Å². The van der Waals surface area contributed by atoms with Gasteiger partial charge in [-0.3, -0.25) is 14.4 Å². The summed E-state index contributed by atoms with van der Waals surface area (Å²) in [5.41, 5.74) is -0.527. The summed E-state index contributed by atoms with van der Waals surface area (Å²) >= 11 is 0. The number of amides is 1. The van der Waals surface area contributed by atoms with E-state index in [1.807, 2.05) is 16.9 Å². The Morgan fingerprint density at radius 3 is 2.91 bits per heavy atom. The van der Waals surface area contributed by atoms with Gasteiger partial charge in [0.25, 0.3) is 0 Å². The highest BCUT2D eigenvalue weighted by Gasteiger charge is 2.42. The van der Waals surface area contributed by atoms with Gasteiger partial charge in [0.2, 0.25) is 5.91 Å². The molecule has 6 heteroatoms. The molecule has 2 fully saturated rings. The van der Waals surface area contributed by atoms with E-state index >= 15 is 0 Å². The first-order chi connectivity index (χ1) is 11.3. The number of likely N-dealkylation sites (tertiary alicyclic amines) is 1. The molecule has 0 aromatic carbocycles. The summed E-state index contributed by atoms with van der Waals surface area (Å²) in [6, 6.07) is 2.38. The second kappa shape index (κ2) is 7.45. The Hall–Kier alpha value is -1.40. The van der Waals surface area contributed by atoms with Crippen LogP contribution in [0.2, 0.25) is 0 Å². The normalized spacial score (nSPS) is 25.2. The number of carbonyl (C=O) groups excluding carboxylic acids is 1. The predicted molar refractivity (Wildman–Crippen MR) is 90.2 cm³/mol. The van der Waals surface area contributed by atoms with Crippen LogP contribution in [0.5, 0.6) is 0 Å². The van der Waals surface area contributed by atoms with Gasteiger partial charge in [0.05, 0.1) is 0 Å². The molecule has 2 aliphatic heterocycles. The van der Waals surface area contributed by atoms with E-state index in [0.29, 0.717) is 6.04 Å². The molecule has 23 heavy (non-hydrogen) atoms. The molecule has 2 saturated heterocycles. The SMILES string of the molecule is CCN1CCCCC1CNC(=O)C1(n2cccn2)CCNCC1. The topological polar surface area (TPSA) is 62.2 Å². The van der Waals surface area contributed by atoms with Crippen LogP contribution in [0.3, 0.4) is 0 Å². The number of nitrogens with one attached hydrogen (secondary N) is 2. The molecule has 0 bridgehead atoms. The van der Waals surface area contributed by atoms with Gasteiger partial charge in [0.15, 0.2) is 0 Å². The molecule has 3 heterocycles. The monoisotopic (exact) mass is 319 g/mol. The summed E-state index contributed by atoms with van der Waals surface area (Å²) in [5, 5.41) is 11.0. The number of likely N-dealkylation sites (N-methyl/N-ethyl adjacent to an activating group) is 1. The largest absolute Gasteiger partial charge is 0.352 e. The summed E-state index contributed by atoms with van der Waals surface area (Å²) in [6.45, 7) is 6.90. The van der Waals surface area contributed by atoms with E-state index < -0.39 is 5.54 Å². The highest BCUT2D eigenvalue weighted by atomic mass is 16.2. The van der Waals surface area contributed by atoms with Crippen LogP contribution in [-0.4, -0.2) is 59.4 Å². The van der Waals surface area contributed by atoms with Crippen molar-refractivity contribution in [2.24, 2.45) is 0 Å². The van der Waals surface area contributed by atoms with Crippen molar-refractivity contribution in [3.8, 4) is 0 Å². The maximum Gasteiger partial charge on any atom is 0.248 e. The van der Waals surface area contributed by atoms with Crippen LogP contribution in [0, 0.1) is 0 Å². The first kappa shape index (κ1) is 16.5. The van der Waals surface area contributed by atoms with Crippen LogP contribution in [0.4, 0.5) is 0 Å². The molecule has 1 aromatic heterocycles. The Labute approximate surface area is 138 Å². The fourth-order valence-corrected chi connectivity index (χ4v) is 4.01. The van der Waals surface area contributed by atoms with Crippen molar-refractivity contribution < 1.29 is 4.79 Å². The van der Waals surface area contributed by atoms with E-state index in [2.05, 4.69) is 27.6 Å². The lowest BCUT2D eigenvalue weighted by Crippen LogP contribution is -2.56. The van der Waals surface area contributed by atoms with Crippen LogP contribution in [0.25, 0.3) is 0 Å². The van der Waals surface area contributed by atoms with Crippen molar-refractivity contribution >= 4 is 5.91 Å². The van der Waals surface area contributed by atoms with Gasteiger partial charge in [0, 0.05) is 25.0 Å². The maximum absolute atomic E-state index is 13.0. The Balaban J connectivity index is 1.67. The molecular weight excluding hydrogens is 290 g/mol. The summed E-state index contributed by atoms with van der Waals surface area (Å²) in [6.07, 6.45) is 9.00. The lowest BCUT2D eigenvalue weighted by atomic mass is 9.87. The first-order valence-electron chi connectivity index (χ1n) is 8.99. The van der Waals surface area contributed by atoms with Crippen molar-refractivity contribution in [3.63, 3.8) is 0 Å². The average Bonchev–Trinajstić information content (AvgIpc) is 3.15. The summed E-state index contributed by atoms with van der Waals surface area (Å²) in [4.78, 5) is 15.5. The second-order valence-electron chi connectivity index (χ2n) is 6.72. The molecule has 0 aliphatic carbocycles. The Bertz CT molecular complexity index is 495. The predicted octanol–water partition coefficient (Wildman–Crippen LogP) is 0.952. The number of rotatable bonds is 5. The van der Waals surface area contributed by atoms with Crippen molar-refractivity contribution in [1.82, 2.24) is 25.3 Å². The van der Waals surface area contributed by atoms with Gasteiger partial charge in [-0.25, -0.2) is 0 Å². The first-order valence-corrected chi connectivity index (χ1v) is 8.99. The molecule has 1 unspecified atom stereocenters. The summed E-state index contributed by atoms with van der Waals surface area (Å²) < 4.78 is 1.86. The summed E-state index contributed by atoms with van der Waals surface area (Å²) in [7, 11) is 0. The molecule has 0 spiro atoms.